The number of H-pyrrole nitrogens is 1. The molecule has 1 N–H and O–H groups in total. The van der Waals surface area contributed by atoms with Crippen molar-refractivity contribution in [2.24, 2.45) is 0 Å². The van der Waals surface area contributed by atoms with Crippen molar-refractivity contribution in [1.82, 2.24) is 9.97 Å². The number of rotatable bonds is 4. The van der Waals surface area contributed by atoms with Gasteiger partial charge in [0.2, 0.25) is 0 Å². The Labute approximate surface area is 113 Å². The van der Waals surface area contributed by atoms with E-state index in [1.165, 1.54) is 11.6 Å². The van der Waals surface area contributed by atoms with E-state index in [4.69, 9.17) is 0 Å². The van der Waals surface area contributed by atoms with Crippen LogP contribution >= 0.6 is 0 Å². The highest BCUT2D eigenvalue weighted by atomic mass is 16.1. The van der Waals surface area contributed by atoms with Gasteiger partial charge in [0.05, 0.1) is 5.41 Å². The Bertz CT molecular complexity index is 598. The van der Waals surface area contributed by atoms with E-state index in [9.17, 15) is 4.79 Å². The molecule has 0 aliphatic rings. The van der Waals surface area contributed by atoms with Crippen molar-refractivity contribution in [3.8, 4) is 0 Å². The van der Waals surface area contributed by atoms with Crippen LogP contribution < -0.4 is 5.56 Å². The van der Waals surface area contributed by atoms with E-state index in [1.807, 2.05) is 25.1 Å². The van der Waals surface area contributed by atoms with E-state index in [0.717, 1.165) is 24.4 Å². The van der Waals surface area contributed by atoms with Gasteiger partial charge >= 0.3 is 0 Å². The molecule has 19 heavy (non-hydrogen) atoms. The minimum Gasteiger partial charge on any atom is -0.310 e. The molecule has 0 saturated heterocycles. The number of hydrogen-bond donors (Lipinski definition) is 1. The van der Waals surface area contributed by atoms with Crippen LogP contribution in [0.4, 0.5) is 0 Å². The highest BCUT2D eigenvalue weighted by molar-refractivity contribution is 5.32. The number of nitrogens with zero attached hydrogens (tertiary/aromatic N) is 1. The molecule has 100 valence electrons. The zero-order valence-corrected chi connectivity index (χ0v) is 11.7. The molecular weight excluding hydrogens is 236 g/mol. The van der Waals surface area contributed by atoms with E-state index in [0.29, 0.717) is 0 Å². The van der Waals surface area contributed by atoms with Crippen LogP contribution in [0.1, 0.15) is 43.8 Å². The topological polar surface area (TPSA) is 45.8 Å². The summed E-state index contributed by atoms with van der Waals surface area (Å²) in [5.74, 6) is 0.772. The van der Waals surface area contributed by atoms with Crippen LogP contribution in [0.25, 0.3) is 0 Å². The van der Waals surface area contributed by atoms with Crippen molar-refractivity contribution in [2.75, 3.05) is 0 Å². The standard InChI is InChI=1S/C16H20N2O/c1-4-16(5-2,13-9-7-6-8-10-13)15-17-12(3)11-14(19)18-15/h6-11H,4-5H2,1-3H3,(H,17,18,19). The SMILES string of the molecule is CCC(CC)(c1ccccc1)c1nc(C)cc(=O)[nH]1. The lowest BCUT2D eigenvalue weighted by atomic mass is 9.75. The second kappa shape index (κ2) is 5.39. The van der Waals surface area contributed by atoms with Crippen molar-refractivity contribution in [3.05, 3.63) is 63.8 Å². The van der Waals surface area contributed by atoms with Crippen LogP contribution in [-0.4, -0.2) is 9.97 Å². The summed E-state index contributed by atoms with van der Waals surface area (Å²) in [6.07, 6.45) is 1.81. The first-order valence-electron chi connectivity index (χ1n) is 6.76. The average Bonchev–Trinajstić information content (AvgIpc) is 2.41. The number of hydrogen-bond acceptors (Lipinski definition) is 2. The maximum absolute atomic E-state index is 11.7. The van der Waals surface area contributed by atoms with Gasteiger partial charge in [0, 0.05) is 11.8 Å². The van der Waals surface area contributed by atoms with Crippen molar-refractivity contribution < 1.29 is 0 Å². The lowest BCUT2D eigenvalue weighted by Gasteiger charge is -2.31. The van der Waals surface area contributed by atoms with Gasteiger partial charge < -0.3 is 4.98 Å². The van der Waals surface area contributed by atoms with Crippen molar-refractivity contribution in [2.45, 2.75) is 39.0 Å². The third-order valence-corrected chi connectivity index (χ3v) is 3.86. The fourth-order valence-corrected chi connectivity index (χ4v) is 2.69. The summed E-state index contributed by atoms with van der Waals surface area (Å²) in [6, 6.07) is 11.8. The number of aryl methyl sites for hydroxylation is 1. The van der Waals surface area contributed by atoms with Gasteiger partial charge in [-0.2, -0.15) is 0 Å². The summed E-state index contributed by atoms with van der Waals surface area (Å²) in [7, 11) is 0. The second-order valence-corrected chi connectivity index (χ2v) is 4.89. The smallest absolute Gasteiger partial charge is 0.251 e. The van der Waals surface area contributed by atoms with E-state index in [-0.39, 0.29) is 11.0 Å². The maximum Gasteiger partial charge on any atom is 0.251 e. The lowest BCUT2D eigenvalue weighted by molar-refractivity contribution is 0.446. The number of aromatic nitrogens is 2. The Morgan fingerprint density at radius 3 is 2.32 bits per heavy atom. The Hall–Kier alpha value is -1.90. The summed E-state index contributed by atoms with van der Waals surface area (Å²) < 4.78 is 0. The van der Waals surface area contributed by atoms with Gasteiger partial charge in [-0.05, 0) is 25.3 Å². The molecule has 2 aromatic rings. The number of aromatic amines is 1. The monoisotopic (exact) mass is 256 g/mol. The van der Waals surface area contributed by atoms with Gasteiger partial charge in [0.15, 0.2) is 0 Å². The third-order valence-electron chi connectivity index (χ3n) is 3.86. The number of nitrogens with one attached hydrogen (secondary N) is 1. The molecule has 1 aromatic heterocycles. The second-order valence-electron chi connectivity index (χ2n) is 4.89. The van der Waals surface area contributed by atoms with Gasteiger partial charge in [-0.15, -0.1) is 0 Å². The number of benzene rings is 1. The maximum atomic E-state index is 11.7. The molecule has 0 aliphatic heterocycles. The molecule has 0 spiro atoms. The summed E-state index contributed by atoms with van der Waals surface area (Å²) in [4.78, 5) is 19.2. The van der Waals surface area contributed by atoms with Gasteiger partial charge in [-0.25, -0.2) is 4.98 Å². The predicted molar refractivity (Wildman–Crippen MR) is 77.4 cm³/mol. The van der Waals surface area contributed by atoms with Crippen LogP contribution in [0.5, 0.6) is 0 Å². The normalized spacial score (nSPS) is 11.5. The van der Waals surface area contributed by atoms with Crippen LogP contribution in [0, 0.1) is 6.92 Å². The van der Waals surface area contributed by atoms with E-state index in [1.54, 1.807) is 0 Å². The van der Waals surface area contributed by atoms with E-state index in [2.05, 4.69) is 35.9 Å². The molecule has 3 nitrogen and oxygen atoms in total. The van der Waals surface area contributed by atoms with E-state index < -0.39 is 0 Å². The first-order valence-corrected chi connectivity index (χ1v) is 6.76. The first-order chi connectivity index (χ1) is 9.12. The minimum atomic E-state index is -0.216. The summed E-state index contributed by atoms with van der Waals surface area (Å²) in [5, 5.41) is 0. The molecule has 1 aromatic carbocycles. The van der Waals surface area contributed by atoms with Crippen molar-refractivity contribution in [3.63, 3.8) is 0 Å². The van der Waals surface area contributed by atoms with Gasteiger partial charge in [0.1, 0.15) is 5.82 Å². The highest BCUT2D eigenvalue weighted by Gasteiger charge is 2.33. The third kappa shape index (κ3) is 2.46. The Morgan fingerprint density at radius 2 is 1.79 bits per heavy atom. The molecule has 0 amide bonds. The summed E-state index contributed by atoms with van der Waals surface area (Å²) in [5.41, 5.74) is 1.67. The van der Waals surface area contributed by atoms with Gasteiger partial charge in [-0.3, -0.25) is 4.79 Å². The molecule has 0 atom stereocenters. The lowest BCUT2D eigenvalue weighted by Crippen LogP contribution is -2.31. The summed E-state index contributed by atoms with van der Waals surface area (Å²) >= 11 is 0. The van der Waals surface area contributed by atoms with Crippen molar-refractivity contribution in [1.29, 1.82) is 0 Å². The molecule has 0 fully saturated rings. The molecule has 0 bridgehead atoms. The molecule has 2 rings (SSSR count). The first kappa shape index (κ1) is 13.5. The molecule has 3 heteroatoms. The van der Waals surface area contributed by atoms with E-state index >= 15 is 0 Å². The van der Waals surface area contributed by atoms with Crippen LogP contribution in [0.15, 0.2) is 41.2 Å². The molecule has 0 radical (unpaired) electrons. The zero-order valence-electron chi connectivity index (χ0n) is 11.7. The molecular formula is C16H20N2O. The molecule has 0 aliphatic carbocycles. The van der Waals surface area contributed by atoms with Gasteiger partial charge in [0.25, 0.3) is 5.56 Å². The summed E-state index contributed by atoms with van der Waals surface area (Å²) in [6.45, 7) is 6.14. The average molecular weight is 256 g/mol. The van der Waals surface area contributed by atoms with Crippen molar-refractivity contribution >= 4 is 0 Å². The Morgan fingerprint density at radius 1 is 1.16 bits per heavy atom. The highest BCUT2D eigenvalue weighted by Crippen LogP contribution is 2.36. The fraction of sp³-hybridized carbons (Fsp3) is 0.375. The van der Waals surface area contributed by atoms with Crippen LogP contribution in [0.3, 0.4) is 0 Å². The molecule has 0 unspecified atom stereocenters. The zero-order chi connectivity index (χ0) is 13.9. The predicted octanol–water partition coefficient (Wildman–Crippen LogP) is 3.18. The Kier molecular flexibility index (Phi) is 3.84. The quantitative estimate of drug-likeness (QED) is 0.913. The minimum absolute atomic E-state index is 0.0790. The largest absolute Gasteiger partial charge is 0.310 e. The Balaban J connectivity index is 2.66. The fourth-order valence-electron chi connectivity index (χ4n) is 2.69. The molecule has 0 saturated carbocycles. The van der Waals surface area contributed by atoms with Crippen LogP contribution in [0.2, 0.25) is 0 Å². The van der Waals surface area contributed by atoms with Gasteiger partial charge in [-0.1, -0.05) is 44.2 Å². The molecule has 1 heterocycles. The van der Waals surface area contributed by atoms with Crippen LogP contribution in [-0.2, 0) is 5.41 Å².